The second kappa shape index (κ2) is 19.0. The maximum atomic E-state index is 14.2. The molecule has 68 heavy (non-hydrogen) atoms. The smallest absolute Gasteiger partial charge is 0.326 e. The lowest BCUT2D eigenvalue weighted by Crippen LogP contribution is -2.65. The summed E-state index contributed by atoms with van der Waals surface area (Å²) in [5, 5.41) is 116. The third-order valence-corrected chi connectivity index (χ3v) is 12.4. The minimum absolute atomic E-state index is 0.0231. The van der Waals surface area contributed by atoms with Crippen molar-refractivity contribution in [3.05, 3.63) is 68.8 Å². The number of likely N-dealkylation sites (N-methyl/N-ethyl adjacent to an activating group) is 1. The lowest BCUT2D eigenvalue weighted by Gasteiger charge is -2.47. The average molecular weight is 956 g/mol. The van der Waals surface area contributed by atoms with Crippen molar-refractivity contribution in [2.45, 2.75) is 107 Å². The summed E-state index contributed by atoms with van der Waals surface area (Å²) in [6.45, 7) is 3.58. The average Bonchev–Trinajstić information content (AvgIpc) is 3.27. The molecule has 2 amide bonds. The van der Waals surface area contributed by atoms with Gasteiger partial charge in [-0.3, -0.25) is 24.0 Å². The number of benzene rings is 3. The number of phenols is 3. The van der Waals surface area contributed by atoms with Crippen LogP contribution in [0.4, 0.5) is 0 Å². The number of ketones is 2. The Morgan fingerprint density at radius 2 is 1.46 bits per heavy atom. The summed E-state index contributed by atoms with van der Waals surface area (Å²) in [5.41, 5.74) is -4.08. The first kappa shape index (κ1) is 49.6. The molecule has 2 aliphatic carbocycles. The van der Waals surface area contributed by atoms with Gasteiger partial charge in [-0.25, -0.2) is 4.79 Å². The topological polar surface area (TPSA) is 387 Å². The van der Waals surface area contributed by atoms with Crippen LogP contribution in [0.15, 0.2) is 24.3 Å². The minimum atomic E-state index is -1.97. The second-order valence-electron chi connectivity index (χ2n) is 16.8. The number of fused-ring (bicyclic) bond motifs is 5. The lowest BCUT2D eigenvalue weighted by molar-refractivity contribution is -0.339. The highest BCUT2D eigenvalue weighted by Crippen LogP contribution is 2.57. The molecule has 7 rings (SSSR count). The van der Waals surface area contributed by atoms with E-state index < -0.39 is 179 Å². The van der Waals surface area contributed by atoms with E-state index in [2.05, 4.69) is 10.6 Å². The molecule has 2 heterocycles. The quantitative estimate of drug-likeness (QED) is 0.0714. The van der Waals surface area contributed by atoms with E-state index in [0.717, 1.165) is 25.1 Å². The zero-order chi connectivity index (χ0) is 50.0. The number of amides is 2. The van der Waals surface area contributed by atoms with Gasteiger partial charge in [-0.2, -0.15) is 0 Å². The van der Waals surface area contributed by atoms with Crippen LogP contribution in [0.1, 0.15) is 91.4 Å². The molecule has 0 spiro atoms. The number of carbonyl (C=O) groups excluding carboxylic acids is 4. The van der Waals surface area contributed by atoms with Crippen molar-refractivity contribution in [1.82, 2.24) is 16.0 Å². The van der Waals surface area contributed by atoms with Gasteiger partial charge in [-0.15, -0.1) is 0 Å². The molecule has 0 bridgehead atoms. The number of nitrogens with one attached hydrogen (secondary N) is 3. The number of aliphatic carboxylic acids is 2. The summed E-state index contributed by atoms with van der Waals surface area (Å²) >= 11 is 0. The number of aryl methyl sites for hydroxylation is 1. The third kappa shape index (κ3) is 8.59. The van der Waals surface area contributed by atoms with Crippen molar-refractivity contribution in [3.63, 3.8) is 0 Å². The Labute approximate surface area is 384 Å². The number of methoxy groups -OCH3 is 1. The first-order valence-corrected chi connectivity index (χ1v) is 21.0. The van der Waals surface area contributed by atoms with Gasteiger partial charge in [0.05, 0.1) is 49.0 Å². The van der Waals surface area contributed by atoms with Crippen molar-refractivity contribution in [3.8, 4) is 34.1 Å². The lowest BCUT2D eigenvalue weighted by atomic mass is 9.74. The molecule has 13 atom stereocenters. The molecule has 3 aromatic rings. The fourth-order valence-corrected chi connectivity index (χ4v) is 8.97. The van der Waals surface area contributed by atoms with Crippen LogP contribution in [0.2, 0.25) is 0 Å². The van der Waals surface area contributed by atoms with Gasteiger partial charge in [0.25, 0.3) is 5.91 Å². The fourth-order valence-electron chi connectivity index (χ4n) is 8.97. The van der Waals surface area contributed by atoms with Gasteiger partial charge in [0.1, 0.15) is 77.8 Å². The molecular weight excluding hydrogens is 906 g/mol. The van der Waals surface area contributed by atoms with Crippen LogP contribution in [0.25, 0.3) is 11.1 Å². The van der Waals surface area contributed by atoms with E-state index in [0.29, 0.717) is 0 Å². The maximum absolute atomic E-state index is 14.2. The summed E-state index contributed by atoms with van der Waals surface area (Å²) in [5.74, 6) is -10.0. The van der Waals surface area contributed by atoms with Crippen LogP contribution in [0, 0.1) is 6.92 Å². The third-order valence-electron chi connectivity index (χ3n) is 12.4. The first-order chi connectivity index (χ1) is 32.0. The Morgan fingerprint density at radius 1 is 0.809 bits per heavy atom. The number of phenolic OH excluding ortho intramolecular Hbond substituents is 3. The molecular formula is C44H49N3O21. The Kier molecular flexibility index (Phi) is 13.8. The van der Waals surface area contributed by atoms with Gasteiger partial charge in [0, 0.05) is 28.3 Å². The molecule has 13 N–H and O–H groups in total. The molecule has 2 saturated heterocycles. The van der Waals surface area contributed by atoms with Crippen molar-refractivity contribution in [2.75, 3.05) is 20.8 Å². The predicted molar refractivity (Wildman–Crippen MR) is 225 cm³/mol. The largest absolute Gasteiger partial charge is 0.507 e. The van der Waals surface area contributed by atoms with Crippen LogP contribution in [-0.2, 0) is 33.3 Å². The Balaban J connectivity index is 1.33. The summed E-state index contributed by atoms with van der Waals surface area (Å²) in [6, 6.07) is 0.200. The van der Waals surface area contributed by atoms with Gasteiger partial charge >= 0.3 is 11.9 Å². The number of aliphatic hydroxyl groups excluding tert-OH is 5. The van der Waals surface area contributed by atoms with Crippen LogP contribution >= 0.6 is 0 Å². The Morgan fingerprint density at radius 3 is 2.09 bits per heavy atom. The first-order valence-electron chi connectivity index (χ1n) is 21.0. The summed E-state index contributed by atoms with van der Waals surface area (Å²) in [7, 11) is 2.75. The van der Waals surface area contributed by atoms with Gasteiger partial charge in [0.15, 0.2) is 24.1 Å². The van der Waals surface area contributed by atoms with E-state index in [-0.39, 0.29) is 28.0 Å². The van der Waals surface area contributed by atoms with Crippen LogP contribution in [0.5, 0.6) is 23.0 Å². The van der Waals surface area contributed by atoms with Gasteiger partial charge in [-0.1, -0.05) is 6.07 Å². The Bertz CT molecular complexity index is 2580. The monoisotopic (exact) mass is 955 g/mol. The van der Waals surface area contributed by atoms with E-state index in [4.69, 9.17) is 28.8 Å². The summed E-state index contributed by atoms with van der Waals surface area (Å²) in [6.07, 6.45) is -17.1. The number of aromatic hydroxyl groups is 3. The number of rotatable bonds is 13. The van der Waals surface area contributed by atoms with Crippen molar-refractivity contribution in [1.29, 1.82) is 0 Å². The maximum Gasteiger partial charge on any atom is 0.326 e. The van der Waals surface area contributed by atoms with Crippen molar-refractivity contribution < 1.29 is 104 Å². The van der Waals surface area contributed by atoms with E-state index in [1.165, 1.54) is 27.1 Å². The number of aliphatic hydroxyl groups is 5. The molecule has 366 valence electrons. The molecule has 13 unspecified atom stereocenters. The fraction of sp³-hybridized carbons (Fsp3) is 0.455. The van der Waals surface area contributed by atoms with Crippen LogP contribution in [-0.4, -0.2) is 174 Å². The number of ether oxygens (including phenoxy) is 5. The predicted octanol–water partition coefficient (Wildman–Crippen LogP) is -1.65. The highest BCUT2D eigenvalue weighted by molar-refractivity contribution is 6.31. The van der Waals surface area contributed by atoms with Crippen LogP contribution in [0.3, 0.4) is 0 Å². The van der Waals surface area contributed by atoms with E-state index >= 15 is 0 Å². The highest BCUT2D eigenvalue weighted by atomic mass is 16.7. The zero-order valence-corrected chi connectivity index (χ0v) is 36.7. The molecule has 0 saturated carbocycles. The SMILES string of the molecule is CNC1C(C)OC(OC2c3cc(C)c(C(=O)NC(C)C(=O)NC(CC(=O)O)C(=O)O)c(O)c3-c3c(cc4c(c3O)C(=O)c3cc(OC)cc(O)c3C4=O)C2O)C(O)C1OC1OCC(O)C(O)C1O. The molecule has 2 fully saturated rings. The molecule has 0 aromatic heterocycles. The Hall–Kier alpha value is -6.32. The van der Waals surface area contributed by atoms with E-state index in [9.17, 15) is 74.7 Å². The molecule has 4 aliphatic rings. The van der Waals surface area contributed by atoms with Gasteiger partial charge in [-0.05, 0) is 56.6 Å². The molecule has 0 radical (unpaired) electrons. The normalized spacial score (nSPS) is 28.2. The zero-order valence-electron chi connectivity index (χ0n) is 36.7. The highest BCUT2D eigenvalue weighted by Gasteiger charge is 2.51. The number of hydrogen-bond donors (Lipinski definition) is 13. The number of carboxylic acid groups (broad SMARTS) is 2. The number of carbonyl (C=O) groups is 6. The van der Waals surface area contributed by atoms with E-state index in [1.54, 1.807) is 6.92 Å². The minimum Gasteiger partial charge on any atom is -0.507 e. The van der Waals surface area contributed by atoms with Crippen LogP contribution < -0.4 is 20.7 Å². The second-order valence-corrected chi connectivity index (χ2v) is 16.8. The van der Waals surface area contributed by atoms with E-state index in [1.807, 2.05) is 5.32 Å². The van der Waals surface area contributed by atoms with Crippen molar-refractivity contribution in [2.24, 2.45) is 0 Å². The molecule has 2 aliphatic heterocycles. The number of carboxylic acids is 2. The molecule has 24 heteroatoms. The summed E-state index contributed by atoms with van der Waals surface area (Å²) in [4.78, 5) is 78.2. The van der Waals surface area contributed by atoms with Gasteiger partial charge in [0.2, 0.25) is 5.91 Å². The summed E-state index contributed by atoms with van der Waals surface area (Å²) < 4.78 is 29.0. The molecule has 24 nitrogen and oxygen atoms in total. The number of hydrogen-bond acceptors (Lipinski definition) is 20. The standard InChI is InChI=1S/C44H49N3O21/c1-12-6-19-27(34(56)24(12)41(61)46-13(2)40(60)47-20(42(62)63)10-23(50)51)26-17(9-18-28(35(26)57)31(53)16-7-15(64-5)8-21(48)25(16)30(18)52)32(54)38(19)67-44-37(59)39(29(45-4)14(3)66-44)68-43-36(58)33(55)22(49)11-65-43/h6-9,13-14,20,22,29,32-33,36-39,43-45,48-49,54-59H,10-11H2,1-5H3,(H,46,61)(H,47,60)(H,50,51)(H,62,63). The van der Waals surface area contributed by atoms with Crippen molar-refractivity contribution >= 4 is 35.3 Å². The van der Waals surface area contributed by atoms with Gasteiger partial charge < -0.3 is 90.7 Å². The molecule has 3 aromatic carbocycles.